The van der Waals surface area contributed by atoms with Crippen molar-refractivity contribution in [3.8, 4) is 0 Å². The third-order valence-corrected chi connectivity index (χ3v) is 8.45. The smallest absolute Gasteiger partial charge is 0.308 e. The summed E-state index contributed by atoms with van der Waals surface area (Å²) < 4.78 is 24.8. The molecule has 0 aliphatic carbocycles. The van der Waals surface area contributed by atoms with E-state index in [2.05, 4.69) is 5.32 Å². The van der Waals surface area contributed by atoms with Crippen molar-refractivity contribution >= 4 is 13.3 Å². The lowest BCUT2D eigenvalue weighted by Gasteiger charge is -2.33. The molecule has 0 radical (unpaired) electrons. The highest BCUT2D eigenvalue weighted by Crippen LogP contribution is 2.60. The number of carbonyl (C=O) groups excluding carboxylic acids is 1. The second kappa shape index (κ2) is 11.2. The van der Waals surface area contributed by atoms with Crippen molar-refractivity contribution < 1.29 is 18.6 Å². The molecule has 0 amide bonds. The van der Waals surface area contributed by atoms with Crippen LogP contribution >= 0.6 is 7.37 Å². The summed E-state index contributed by atoms with van der Waals surface area (Å²) in [5, 5.41) is 3.62. The third-order valence-electron chi connectivity index (χ3n) is 5.54. The molecule has 5 nitrogen and oxygen atoms in total. The summed E-state index contributed by atoms with van der Waals surface area (Å²) in [5.74, 6) is -1.59. The number of esters is 1. The minimum absolute atomic E-state index is 0.0685. The molecule has 3 aromatic rings. The van der Waals surface area contributed by atoms with Crippen LogP contribution in [0.15, 0.2) is 91.0 Å². The van der Waals surface area contributed by atoms with E-state index >= 15 is 0 Å². The van der Waals surface area contributed by atoms with Gasteiger partial charge in [-0.15, -0.1) is 0 Å². The first-order valence-electron chi connectivity index (χ1n) is 10.6. The average Bonchev–Trinajstić information content (AvgIpc) is 2.85. The highest BCUT2D eigenvalue weighted by atomic mass is 31.2. The van der Waals surface area contributed by atoms with Crippen LogP contribution in [-0.4, -0.2) is 26.4 Å². The normalized spacial score (nSPS) is 15.0. The fraction of sp³-hybridized carbons (Fsp3) is 0.269. The van der Waals surface area contributed by atoms with E-state index in [4.69, 9.17) is 9.26 Å². The molecule has 0 saturated heterocycles. The molecule has 0 aromatic heterocycles. The largest absolute Gasteiger partial charge is 0.469 e. The molecule has 0 heterocycles. The predicted octanol–water partition coefficient (Wildman–Crippen LogP) is 5.80. The van der Waals surface area contributed by atoms with Gasteiger partial charge in [0.15, 0.2) is 0 Å². The van der Waals surface area contributed by atoms with Crippen molar-refractivity contribution in [1.29, 1.82) is 0 Å². The van der Waals surface area contributed by atoms with Gasteiger partial charge in [0.25, 0.3) is 0 Å². The van der Waals surface area contributed by atoms with Crippen molar-refractivity contribution in [2.24, 2.45) is 5.92 Å². The van der Waals surface area contributed by atoms with Gasteiger partial charge < -0.3 is 9.26 Å². The molecule has 32 heavy (non-hydrogen) atoms. The molecule has 3 aromatic carbocycles. The molecule has 3 rings (SSSR count). The van der Waals surface area contributed by atoms with Crippen molar-refractivity contribution in [1.82, 2.24) is 5.32 Å². The summed E-state index contributed by atoms with van der Waals surface area (Å²) >= 11 is 0. The lowest BCUT2D eigenvalue weighted by atomic mass is 9.98. The fourth-order valence-corrected chi connectivity index (χ4v) is 6.33. The minimum atomic E-state index is -3.36. The molecule has 168 valence electrons. The summed E-state index contributed by atoms with van der Waals surface area (Å²) in [6.07, 6.45) is 0.0685. The van der Waals surface area contributed by atoms with Gasteiger partial charge in [-0.2, -0.15) is 0 Å². The Labute approximate surface area is 190 Å². The number of rotatable bonds is 10. The number of benzene rings is 3. The Bertz CT molecular complexity index is 988. The summed E-state index contributed by atoms with van der Waals surface area (Å²) in [4.78, 5) is 12.1. The Morgan fingerprint density at radius 2 is 1.25 bits per heavy atom. The minimum Gasteiger partial charge on any atom is -0.469 e. The summed E-state index contributed by atoms with van der Waals surface area (Å²) in [7, 11) is -0.578. The Hall–Kier alpha value is -2.72. The highest BCUT2D eigenvalue weighted by Gasteiger charge is 2.39. The first-order valence-corrected chi connectivity index (χ1v) is 12.5. The predicted molar refractivity (Wildman–Crippen MR) is 128 cm³/mol. The molecule has 0 aliphatic heterocycles. The van der Waals surface area contributed by atoms with E-state index in [0.29, 0.717) is 0 Å². The summed E-state index contributed by atoms with van der Waals surface area (Å²) in [6.45, 7) is 1.71. The van der Waals surface area contributed by atoms with Crippen LogP contribution in [0.5, 0.6) is 0 Å². The van der Waals surface area contributed by atoms with Crippen molar-refractivity contribution in [3.63, 3.8) is 0 Å². The lowest BCUT2D eigenvalue weighted by Crippen LogP contribution is -2.30. The number of hydrogen-bond donors (Lipinski definition) is 1. The van der Waals surface area contributed by atoms with Gasteiger partial charge in [-0.1, -0.05) is 97.9 Å². The molecular weight excluding hydrogens is 421 g/mol. The first kappa shape index (κ1) is 23.9. The van der Waals surface area contributed by atoms with Crippen LogP contribution in [0.1, 0.15) is 35.4 Å². The SMILES string of the molecule is COC(=O)C(C)CP(=O)(OC)C(NC(c1ccccc1)c1ccccc1)c1ccccc1. The molecule has 0 fully saturated rings. The number of carbonyl (C=O) groups is 1. The second-order valence-electron chi connectivity index (χ2n) is 7.75. The number of methoxy groups -OCH3 is 1. The van der Waals surface area contributed by atoms with E-state index in [-0.39, 0.29) is 12.2 Å². The monoisotopic (exact) mass is 451 g/mol. The molecule has 0 aliphatic rings. The maximum Gasteiger partial charge on any atom is 0.308 e. The van der Waals surface area contributed by atoms with Gasteiger partial charge in [-0.25, -0.2) is 0 Å². The zero-order valence-corrected chi connectivity index (χ0v) is 19.6. The van der Waals surface area contributed by atoms with Gasteiger partial charge in [0.05, 0.1) is 19.1 Å². The third kappa shape index (κ3) is 5.74. The first-order chi connectivity index (χ1) is 15.5. The van der Waals surface area contributed by atoms with Crippen LogP contribution < -0.4 is 5.32 Å². The molecule has 0 bridgehead atoms. The quantitative estimate of drug-likeness (QED) is 0.312. The maximum atomic E-state index is 14.2. The number of ether oxygens (including phenoxy) is 1. The molecule has 0 saturated carbocycles. The van der Waals surface area contributed by atoms with E-state index in [1.165, 1.54) is 14.2 Å². The zero-order valence-electron chi connectivity index (χ0n) is 18.7. The van der Waals surface area contributed by atoms with E-state index < -0.39 is 25.0 Å². The Balaban J connectivity index is 2.06. The van der Waals surface area contributed by atoms with Crippen LogP contribution in [0.2, 0.25) is 0 Å². The van der Waals surface area contributed by atoms with Crippen molar-refractivity contribution in [2.75, 3.05) is 20.4 Å². The van der Waals surface area contributed by atoms with E-state index in [1.807, 2.05) is 91.0 Å². The lowest BCUT2D eigenvalue weighted by molar-refractivity contribution is -0.144. The zero-order chi connectivity index (χ0) is 23.0. The van der Waals surface area contributed by atoms with Crippen LogP contribution in [0.4, 0.5) is 0 Å². The Morgan fingerprint density at radius 1 is 0.812 bits per heavy atom. The van der Waals surface area contributed by atoms with Crippen LogP contribution in [-0.2, 0) is 18.6 Å². The van der Waals surface area contributed by atoms with Gasteiger partial charge in [0.2, 0.25) is 7.37 Å². The standard InChI is InChI=1S/C26H30NO4P/c1-20(26(28)30-2)19-32(29,31-3)25(23-17-11-6-12-18-23)27-24(21-13-7-4-8-14-21)22-15-9-5-10-16-22/h4-18,20,24-25,27H,19H2,1-3H3. The average molecular weight is 452 g/mol. The van der Waals surface area contributed by atoms with E-state index in [1.54, 1.807) is 6.92 Å². The van der Waals surface area contributed by atoms with Crippen molar-refractivity contribution in [2.45, 2.75) is 18.7 Å². The fourth-order valence-electron chi connectivity index (χ4n) is 3.85. The van der Waals surface area contributed by atoms with E-state index in [0.717, 1.165) is 16.7 Å². The number of nitrogens with one attached hydrogen (secondary N) is 1. The van der Waals surface area contributed by atoms with Crippen LogP contribution in [0, 0.1) is 5.92 Å². The van der Waals surface area contributed by atoms with Gasteiger partial charge >= 0.3 is 5.97 Å². The van der Waals surface area contributed by atoms with Crippen LogP contribution in [0.3, 0.4) is 0 Å². The van der Waals surface area contributed by atoms with Gasteiger partial charge in [-0.3, -0.25) is 14.7 Å². The Morgan fingerprint density at radius 3 is 1.66 bits per heavy atom. The molecular formula is C26H30NO4P. The van der Waals surface area contributed by atoms with Gasteiger partial charge in [0.1, 0.15) is 5.78 Å². The summed E-state index contributed by atoms with van der Waals surface area (Å²) in [6, 6.07) is 29.4. The van der Waals surface area contributed by atoms with E-state index in [9.17, 15) is 9.36 Å². The molecule has 3 unspecified atom stereocenters. The highest BCUT2D eigenvalue weighted by molar-refractivity contribution is 7.59. The molecule has 0 spiro atoms. The Kier molecular flexibility index (Phi) is 8.40. The van der Waals surface area contributed by atoms with Crippen LogP contribution in [0.25, 0.3) is 0 Å². The summed E-state index contributed by atoms with van der Waals surface area (Å²) in [5.41, 5.74) is 2.93. The number of hydrogen-bond acceptors (Lipinski definition) is 5. The molecule has 1 N–H and O–H groups in total. The second-order valence-corrected chi connectivity index (χ2v) is 10.4. The topological polar surface area (TPSA) is 64.6 Å². The van der Waals surface area contributed by atoms with Crippen molar-refractivity contribution in [3.05, 3.63) is 108 Å². The van der Waals surface area contributed by atoms with Gasteiger partial charge in [-0.05, 0) is 16.7 Å². The maximum absolute atomic E-state index is 14.2. The molecule has 3 atom stereocenters. The van der Waals surface area contributed by atoms with Gasteiger partial charge in [0, 0.05) is 13.3 Å². The molecule has 6 heteroatoms.